The van der Waals surface area contributed by atoms with Crippen LogP contribution in [0.3, 0.4) is 0 Å². The van der Waals surface area contributed by atoms with Crippen molar-refractivity contribution in [3.05, 3.63) is 83.5 Å². The lowest BCUT2D eigenvalue weighted by atomic mass is 10.1. The fourth-order valence-electron chi connectivity index (χ4n) is 2.05. The number of pyridine rings is 1. The molecule has 0 atom stereocenters. The number of carbonyl (C=O) groups is 1. The monoisotopic (exact) mass is 309 g/mol. The molecule has 0 N–H and O–H groups in total. The molecule has 0 aliphatic rings. The van der Waals surface area contributed by atoms with E-state index in [-0.39, 0.29) is 0 Å². The number of ether oxygens (including phenoxy) is 1. The van der Waals surface area contributed by atoms with Crippen molar-refractivity contribution >= 4 is 17.6 Å². The molecule has 0 aliphatic carbocycles. The third-order valence-corrected chi connectivity index (χ3v) is 3.33. The van der Waals surface area contributed by atoms with Gasteiger partial charge >= 0.3 is 5.97 Å². The lowest BCUT2D eigenvalue weighted by Gasteiger charge is -2.10. The molecule has 2 aromatic carbocycles. The molecule has 0 amide bonds. The topological polar surface area (TPSA) is 39.2 Å². The van der Waals surface area contributed by atoms with Gasteiger partial charge in [0.15, 0.2) is 0 Å². The van der Waals surface area contributed by atoms with Crippen molar-refractivity contribution in [2.45, 2.75) is 0 Å². The molecule has 1 heterocycles. The Kier molecular flexibility index (Phi) is 4.17. The Bertz CT molecular complexity index is 789. The van der Waals surface area contributed by atoms with Crippen molar-refractivity contribution in [3.63, 3.8) is 0 Å². The average molecular weight is 310 g/mol. The fourth-order valence-corrected chi connectivity index (χ4v) is 2.21. The summed E-state index contributed by atoms with van der Waals surface area (Å²) in [5, 5.41) is 0.496. The molecule has 3 nitrogen and oxygen atoms in total. The van der Waals surface area contributed by atoms with Crippen molar-refractivity contribution in [2.75, 3.05) is 0 Å². The second-order valence-corrected chi connectivity index (χ2v) is 5.05. The quantitative estimate of drug-likeness (QED) is 0.523. The maximum atomic E-state index is 12.2. The van der Waals surface area contributed by atoms with E-state index < -0.39 is 5.97 Å². The third kappa shape index (κ3) is 3.15. The summed E-state index contributed by atoms with van der Waals surface area (Å²) in [4.78, 5) is 16.5. The Balaban J connectivity index is 1.97. The van der Waals surface area contributed by atoms with E-state index >= 15 is 0 Å². The summed E-state index contributed by atoms with van der Waals surface area (Å²) >= 11 is 6.02. The smallest absolute Gasteiger partial charge is 0.343 e. The summed E-state index contributed by atoms with van der Waals surface area (Å²) in [5.41, 5.74) is 1.92. The maximum absolute atomic E-state index is 12.2. The van der Waals surface area contributed by atoms with Gasteiger partial charge in [0.2, 0.25) is 0 Å². The van der Waals surface area contributed by atoms with Crippen LogP contribution in [0.4, 0.5) is 0 Å². The van der Waals surface area contributed by atoms with Gasteiger partial charge in [-0.15, -0.1) is 0 Å². The summed E-state index contributed by atoms with van der Waals surface area (Å²) in [5.74, 6) is -0.0416. The number of benzene rings is 2. The number of aromatic nitrogens is 1. The molecule has 1 aromatic heterocycles. The van der Waals surface area contributed by atoms with Gasteiger partial charge in [-0.2, -0.15) is 0 Å². The van der Waals surface area contributed by atoms with Crippen molar-refractivity contribution in [2.24, 2.45) is 0 Å². The summed E-state index contributed by atoms with van der Waals surface area (Å²) in [7, 11) is 0. The Morgan fingerprint density at radius 2 is 1.73 bits per heavy atom. The van der Waals surface area contributed by atoms with Crippen LogP contribution in [0, 0.1) is 0 Å². The van der Waals surface area contributed by atoms with Crippen LogP contribution < -0.4 is 4.74 Å². The number of hydrogen-bond donors (Lipinski definition) is 0. The minimum atomic E-state index is -0.431. The van der Waals surface area contributed by atoms with Gasteiger partial charge in [0.25, 0.3) is 0 Å². The summed E-state index contributed by atoms with van der Waals surface area (Å²) in [6, 6.07) is 19.5. The molecule has 0 saturated heterocycles. The molecule has 3 aromatic rings. The molecular weight excluding hydrogens is 298 g/mol. The van der Waals surface area contributed by atoms with E-state index in [0.29, 0.717) is 21.9 Å². The molecule has 0 unspecified atom stereocenters. The average Bonchev–Trinajstić information content (AvgIpc) is 2.56. The Morgan fingerprint density at radius 3 is 2.45 bits per heavy atom. The summed E-state index contributed by atoms with van der Waals surface area (Å²) in [6.45, 7) is 0. The van der Waals surface area contributed by atoms with Gasteiger partial charge in [0.1, 0.15) is 5.75 Å². The number of halogens is 1. The van der Waals surface area contributed by atoms with E-state index in [1.54, 1.807) is 48.7 Å². The highest BCUT2D eigenvalue weighted by molar-refractivity contribution is 6.30. The number of carbonyl (C=O) groups excluding carboxylic acids is 1. The second-order valence-electron chi connectivity index (χ2n) is 4.61. The van der Waals surface area contributed by atoms with Crippen LogP contribution in [0.5, 0.6) is 5.75 Å². The number of nitrogens with zero attached hydrogens (tertiary/aromatic N) is 1. The van der Waals surface area contributed by atoms with E-state index in [4.69, 9.17) is 16.3 Å². The van der Waals surface area contributed by atoms with E-state index in [1.807, 2.05) is 24.3 Å². The number of hydrogen-bond acceptors (Lipinski definition) is 3. The number of esters is 1. The zero-order valence-electron chi connectivity index (χ0n) is 11.6. The highest BCUT2D eigenvalue weighted by Crippen LogP contribution is 2.31. The second kappa shape index (κ2) is 6.41. The van der Waals surface area contributed by atoms with Crippen molar-refractivity contribution in [1.82, 2.24) is 4.98 Å². The molecule has 22 heavy (non-hydrogen) atoms. The van der Waals surface area contributed by atoms with Crippen LogP contribution in [-0.4, -0.2) is 11.0 Å². The van der Waals surface area contributed by atoms with Gasteiger partial charge in [-0.3, -0.25) is 4.98 Å². The minimum Gasteiger partial charge on any atom is -0.422 e. The predicted octanol–water partition coefficient (Wildman–Crippen LogP) is 4.62. The minimum absolute atomic E-state index is 0.389. The standard InChI is InChI=1S/C18H12ClNO2/c19-14-9-10-15(16-8-4-5-11-20-16)17(12-14)22-18(21)13-6-2-1-3-7-13/h1-12H. The van der Waals surface area contributed by atoms with E-state index in [2.05, 4.69) is 4.98 Å². The molecule has 0 fully saturated rings. The zero-order valence-corrected chi connectivity index (χ0v) is 12.3. The Labute approximate surface area is 133 Å². The van der Waals surface area contributed by atoms with Gasteiger partial charge in [-0.05, 0) is 36.4 Å². The van der Waals surface area contributed by atoms with Crippen LogP contribution in [0.25, 0.3) is 11.3 Å². The Hall–Kier alpha value is -2.65. The number of rotatable bonds is 3. The first-order valence-electron chi connectivity index (χ1n) is 6.72. The van der Waals surface area contributed by atoms with Gasteiger partial charge in [0, 0.05) is 22.8 Å². The van der Waals surface area contributed by atoms with Crippen LogP contribution in [0.1, 0.15) is 10.4 Å². The third-order valence-electron chi connectivity index (χ3n) is 3.10. The van der Waals surface area contributed by atoms with Crippen molar-refractivity contribution < 1.29 is 9.53 Å². The lowest BCUT2D eigenvalue weighted by Crippen LogP contribution is -2.09. The largest absolute Gasteiger partial charge is 0.422 e. The highest BCUT2D eigenvalue weighted by Gasteiger charge is 2.13. The van der Waals surface area contributed by atoms with E-state index in [0.717, 1.165) is 5.69 Å². The molecule has 0 saturated carbocycles. The summed E-state index contributed by atoms with van der Waals surface area (Å²) < 4.78 is 5.50. The summed E-state index contributed by atoms with van der Waals surface area (Å²) in [6.07, 6.45) is 1.69. The van der Waals surface area contributed by atoms with Gasteiger partial charge in [0.05, 0.1) is 11.3 Å². The molecular formula is C18H12ClNO2. The normalized spacial score (nSPS) is 10.2. The molecule has 0 radical (unpaired) electrons. The van der Waals surface area contributed by atoms with E-state index in [1.165, 1.54) is 0 Å². The first-order chi connectivity index (χ1) is 10.7. The van der Waals surface area contributed by atoms with Crippen LogP contribution >= 0.6 is 11.6 Å². The zero-order chi connectivity index (χ0) is 15.4. The first kappa shape index (κ1) is 14.3. The SMILES string of the molecule is O=C(Oc1cc(Cl)ccc1-c1ccccn1)c1ccccc1. The lowest BCUT2D eigenvalue weighted by molar-refractivity contribution is 0.0735. The maximum Gasteiger partial charge on any atom is 0.343 e. The van der Waals surface area contributed by atoms with Gasteiger partial charge in [-0.1, -0.05) is 35.9 Å². The molecule has 0 spiro atoms. The van der Waals surface area contributed by atoms with Crippen LogP contribution in [0.2, 0.25) is 5.02 Å². The molecule has 3 rings (SSSR count). The molecule has 0 bridgehead atoms. The molecule has 4 heteroatoms. The fraction of sp³-hybridized carbons (Fsp3) is 0. The van der Waals surface area contributed by atoms with E-state index in [9.17, 15) is 4.79 Å². The van der Waals surface area contributed by atoms with Crippen LogP contribution in [0.15, 0.2) is 72.9 Å². The highest BCUT2D eigenvalue weighted by atomic mass is 35.5. The molecule has 0 aliphatic heterocycles. The predicted molar refractivity (Wildman–Crippen MR) is 86.1 cm³/mol. The van der Waals surface area contributed by atoms with Crippen molar-refractivity contribution in [1.29, 1.82) is 0 Å². The van der Waals surface area contributed by atoms with Crippen molar-refractivity contribution in [3.8, 4) is 17.0 Å². The first-order valence-corrected chi connectivity index (χ1v) is 7.10. The van der Waals surface area contributed by atoms with Gasteiger partial charge < -0.3 is 4.74 Å². The Morgan fingerprint density at radius 1 is 0.955 bits per heavy atom. The van der Waals surface area contributed by atoms with Gasteiger partial charge in [-0.25, -0.2) is 4.79 Å². The molecule has 108 valence electrons. The van der Waals surface area contributed by atoms with Crippen LogP contribution in [-0.2, 0) is 0 Å².